The fourth-order valence-corrected chi connectivity index (χ4v) is 3.23. The Morgan fingerprint density at radius 3 is 2.47 bits per heavy atom. The quantitative estimate of drug-likeness (QED) is 0.905. The van der Waals surface area contributed by atoms with E-state index in [-0.39, 0.29) is 0 Å². The topological polar surface area (TPSA) is 42.2 Å². The van der Waals surface area contributed by atoms with E-state index in [4.69, 9.17) is 5.11 Å². The zero-order chi connectivity index (χ0) is 12.0. The van der Waals surface area contributed by atoms with Crippen LogP contribution < -0.4 is 0 Å². The van der Waals surface area contributed by atoms with Gasteiger partial charge in [0.1, 0.15) is 5.69 Å². The molecule has 1 N–H and O–H groups in total. The largest absolute Gasteiger partial charge is 0.477 e. The summed E-state index contributed by atoms with van der Waals surface area (Å²) in [5, 5.41) is 9.16. The van der Waals surface area contributed by atoms with Gasteiger partial charge in [-0.05, 0) is 65.4 Å². The van der Waals surface area contributed by atoms with Crippen molar-refractivity contribution in [3.05, 3.63) is 22.4 Å². The van der Waals surface area contributed by atoms with Crippen molar-refractivity contribution in [3.63, 3.8) is 0 Å². The predicted octanol–water partition coefficient (Wildman–Crippen LogP) is 3.39. The van der Waals surface area contributed by atoms with Crippen LogP contribution in [0.5, 0.6) is 0 Å². The lowest BCUT2D eigenvalue weighted by Gasteiger charge is -2.17. The third-order valence-corrected chi connectivity index (χ3v) is 4.38. The van der Waals surface area contributed by atoms with Crippen LogP contribution in [-0.4, -0.2) is 15.6 Å². The molecule has 3 rings (SSSR count). The monoisotopic (exact) mass is 297 g/mol. The zero-order valence-corrected chi connectivity index (χ0v) is 11.2. The summed E-state index contributed by atoms with van der Waals surface area (Å²) in [4.78, 5) is 11.1. The molecule has 2 saturated carbocycles. The van der Waals surface area contributed by atoms with Crippen molar-refractivity contribution >= 4 is 21.9 Å². The summed E-state index contributed by atoms with van der Waals surface area (Å²) in [7, 11) is 0. The third-order valence-electron chi connectivity index (χ3n) is 3.94. The first-order valence-electron chi connectivity index (χ1n) is 6.24. The summed E-state index contributed by atoms with van der Waals surface area (Å²) in [6.45, 7) is 0.878. The maximum Gasteiger partial charge on any atom is 0.352 e. The van der Waals surface area contributed by atoms with Crippen molar-refractivity contribution < 1.29 is 9.90 Å². The number of aromatic carboxylic acids is 1. The van der Waals surface area contributed by atoms with Crippen molar-refractivity contribution in [3.8, 4) is 0 Å². The summed E-state index contributed by atoms with van der Waals surface area (Å²) >= 11 is 3.36. The highest BCUT2D eigenvalue weighted by molar-refractivity contribution is 9.10. The fraction of sp³-hybridized carbons (Fsp3) is 0.615. The Bertz CT molecular complexity index is 434. The first kappa shape index (κ1) is 11.3. The van der Waals surface area contributed by atoms with Gasteiger partial charge in [-0.25, -0.2) is 4.79 Å². The highest BCUT2D eigenvalue weighted by atomic mass is 79.9. The van der Waals surface area contributed by atoms with Gasteiger partial charge in [0.25, 0.3) is 0 Å². The van der Waals surface area contributed by atoms with Gasteiger partial charge in [-0.15, -0.1) is 0 Å². The van der Waals surface area contributed by atoms with E-state index in [0.717, 1.165) is 22.9 Å². The SMILES string of the molecule is O=C(O)c1cc(Br)cn1CC(C1CC1)C1CC1. The second-order valence-corrected chi connectivity index (χ2v) is 6.26. The normalized spacial score (nSPS) is 19.9. The minimum absolute atomic E-state index is 0.406. The van der Waals surface area contributed by atoms with E-state index < -0.39 is 5.97 Å². The van der Waals surface area contributed by atoms with Crippen LogP contribution in [0.4, 0.5) is 0 Å². The highest BCUT2D eigenvalue weighted by Gasteiger charge is 2.41. The summed E-state index contributed by atoms with van der Waals surface area (Å²) in [5.41, 5.74) is 0.406. The Morgan fingerprint density at radius 2 is 2.00 bits per heavy atom. The minimum atomic E-state index is -0.832. The van der Waals surface area contributed by atoms with Gasteiger partial charge in [0.2, 0.25) is 0 Å². The molecule has 0 atom stereocenters. The molecule has 92 valence electrons. The minimum Gasteiger partial charge on any atom is -0.477 e. The van der Waals surface area contributed by atoms with Crippen molar-refractivity contribution in [1.29, 1.82) is 0 Å². The number of hydrogen-bond donors (Lipinski definition) is 1. The van der Waals surface area contributed by atoms with E-state index in [1.807, 2.05) is 10.8 Å². The van der Waals surface area contributed by atoms with Crippen molar-refractivity contribution in [2.75, 3.05) is 0 Å². The van der Waals surface area contributed by atoms with Crippen molar-refractivity contribution in [2.24, 2.45) is 17.8 Å². The lowest BCUT2D eigenvalue weighted by molar-refractivity contribution is 0.0683. The molecule has 0 aliphatic heterocycles. The van der Waals surface area contributed by atoms with Crippen LogP contribution in [0, 0.1) is 17.8 Å². The lowest BCUT2D eigenvalue weighted by atomic mass is 9.98. The van der Waals surface area contributed by atoms with Gasteiger partial charge in [0.05, 0.1) is 0 Å². The molecule has 2 aliphatic carbocycles. The molecular weight excluding hydrogens is 282 g/mol. The molecule has 0 saturated heterocycles. The van der Waals surface area contributed by atoms with Crippen LogP contribution in [0.2, 0.25) is 0 Å². The predicted molar refractivity (Wildman–Crippen MR) is 68.0 cm³/mol. The zero-order valence-electron chi connectivity index (χ0n) is 9.60. The number of carboxylic acids is 1. The first-order valence-corrected chi connectivity index (χ1v) is 7.03. The van der Waals surface area contributed by atoms with Crippen LogP contribution in [0.15, 0.2) is 16.7 Å². The Balaban J connectivity index is 1.80. The molecule has 0 amide bonds. The number of rotatable bonds is 5. The molecule has 0 bridgehead atoms. The first-order chi connectivity index (χ1) is 8.15. The number of hydrogen-bond acceptors (Lipinski definition) is 1. The van der Waals surface area contributed by atoms with Gasteiger partial charge in [0, 0.05) is 17.2 Å². The van der Waals surface area contributed by atoms with E-state index in [1.165, 1.54) is 25.7 Å². The van der Waals surface area contributed by atoms with Crippen LogP contribution in [0.3, 0.4) is 0 Å². The van der Waals surface area contributed by atoms with Crippen LogP contribution >= 0.6 is 15.9 Å². The summed E-state index contributed by atoms with van der Waals surface area (Å²) < 4.78 is 2.77. The van der Waals surface area contributed by atoms with Crippen molar-refractivity contribution in [1.82, 2.24) is 4.57 Å². The van der Waals surface area contributed by atoms with Crippen LogP contribution in [0.1, 0.15) is 36.2 Å². The molecule has 1 heterocycles. The number of aromatic nitrogens is 1. The molecule has 1 aromatic rings. The Kier molecular flexibility index (Phi) is 2.77. The highest BCUT2D eigenvalue weighted by Crippen LogP contribution is 2.50. The van der Waals surface area contributed by atoms with E-state index in [9.17, 15) is 4.79 Å². The average molecular weight is 298 g/mol. The molecule has 3 nitrogen and oxygen atoms in total. The molecule has 17 heavy (non-hydrogen) atoms. The molecule has 2 fully saturated rings. The van der Waals surface area contributed by atoms with E-state index in [0.29, 0.717) is 11.6 Å². The van der Waals surface area contributed by atoms with E-state index >= 15 is 0 Å². The molecule has 2 aliphatic rings. The standard InChI is InChI=1S/C13H16BrNO2/c14-10-5-12(13(16)17)15(6-10)7-11(8-1-2-8)9-3-4-9/h5-6,8-9,11H,1-4,7H2,(H,16,17). The Labute approximate surface area is 109 Å². The molecule has 0 radical (unpaired) electrons. The van der Waals surface area contributed by atoms with E-state index in [2.05, 4.69) is 15.9 Å². The molecule has 0 spiro atoms. The summed E-state index contributed by atoms with van der Waals surface area (Å²) in [6.07, 6.45) is 7.26. The average Bonchev–Trinajstić information content (AvgIpc) is 3.14. The molecular formula is C13H16BrNO2. The van der Waals surface area contributed by atoms with Gasteiger partial charge in [-0.2, -0.15) is 0 Å². The van der Waals surface area contributed by atoms with Gasteiger partial charge < -0.3 is 9.67 Å². The molecule has 4 heteroatoms. The van der Waals surface area contributed by atoms with Crippen LogP contribution in [0.25, 0.3) is 0 Å². The molecule has 0 unspecified atom stereocenters. The maximum absolute atomic E-state index is 11.1. The number of carboxylic acid groups (broad SMARTS) is 1. The lowest BCUT2D eigenvalue weighted by Crippen LogP contribution is -2.17. The van der Waals surface area contributed by atoms with Gasteiger partial charge in [0.15, 0.2) is 0 Å². The molecule has 1 aromatic heterocycles. The van der Waals surface area contributed by atoms with Gasteiger partial charge >= 0.3 is 5.97 Å². The summed E-state index contributed by atoms with van der Waals surface area (Å²) in [6, 6.07) is 1.69. The number of halogens is 1. The second-order valence-electron chi connectivity index (χ2n) is 5.34. The van der Waals surface area contributed by atoms with Crippen LogP contribution in [-0.2, 0) is 6.54 Å². The maximum atomic E-state index is 11.1. The second kappa shape index (κ2) is 4.16. The van der Waals surface area contributed by atoms with Crippen molar-refractivity contribution in [2.45, 2.75) is 32.2 Å². The van der Waals surface area contributed by atoms with Gasteiger partial charge in [-0.3, -0.25) is 0 Å². The number of nitrogens with zero attached hydrogens (tertiary/aromatic N) is 1. The smallest absolute Gasteiger partial charge is 0.352 e. The fourth-order valence-electron chi connectivity index (χ4n) is 2.76. The summed E-state index contributed by atoms with van der Waals surface area (Å²) in [5.74, 6) is 1.57. The van der Waals surface area contributed by atoms with Gasteiger partial charge in [-0.1, -0.05) is 0 Å². The Morgan fingerprint density at radius 1 is 1.41 bits per heavy atom. The third kappa shape index (κ3) is 2.41. The number of carbonyl (C=O) groups is 1. The molecule has 0 aromatic carbocycles. The Hall–Kier alpha value is -0.770. The van der Waals surface area contributed by atoms with E-state index in [1.54, 1.807) is 6.07 Å².